The molecule has 11 heteroatoms. The van der Waals surface area contributed by atoms with Gasteiger partial charge in [0.1, 0.15) is 18.0 Å². The topological polar surface area (TPSA) is 128 Å². The average Bonchev–Trinajstić information content (AvgIpc) is 3.63. The van der Waals surface area contributed by atoms with Crippen LogP contribution in [0.1, 0.15) is 50.2 Å². The third-order valence-electron chi connectivity index (χ3n) is 6.35. The van der Waals surface area contributed by atoms with E-state index in [1.165, 1.54) is 6.20 Å². The van der Waals surface area contributed by atoms with Crippen LogP contribution < -0.4 is 20.7 Å². The molecule has 1 aliphatic carbocycles. The molecule has 38 heavy (non-hydrogen) atoms. The van der Waals surface area contributed by atoms with Crippen LogP contribution in [-0.2, 0) is 18.0 Å². The van der Waals surface area contributed by atoms with Gasteiger partial charge in [-0.3, -0.25) is 4.79 Å². The highest BCUT2D eigenvalue weighted by molar-refractivity contribution is 6.00. The molecule has 11 nitrogen and oxygen atoms in total. The van der Waals surface area contributed by atoms with E-state index in [1.807, 2.05) is 41.2 Å². The second-order valence-corrected chi connectivity index (χ2v) is 9.34. The lowest BCUT2D eigenvalue weighted by atomic mass is 10.1. The van der Waals surface area contributed by atoms with E-state index >= 15 is 0 Å². The summed E-state index contributed by atoms with van der Waals surface area (Å²) in [5.41, 5.74) is 3.99. The Kier molecular flexibility index (Phi) is 5.27. The number of anilines is 4. The molecule has 6 rings (SSSR count). The molecule has 0 atom stereocenters. The molecule has 1 aliphatic heterocycles. The van der Waals surface area contributed by atoms with E-state index in [1.54, 1.807) is 19.5 Å². The number of hydrogen-bond acceptors (Lipinski definition) is 9. The molecule has 0 radical (unpaired) electrons. The van der Waals surface area contributed by atoms with E-state index in [-0.39, 0.29) is 18.8 Å². The molecular formula is C27H28N8O3. The Hall–Kier alpha value is -4.51. The smallest absolute Gasteiger partial charge is 0.254 e. The average molecular weight is 516 g/mol. The summed E-state index contributed by atoms with van der Waals surface area (Å²) in [5, 5.41) is 13.2. The van der Waals surface area contributed by atoms with Crippen LogP contribution in [0.5, 0.6) is 5.75 Å². The van der Waals surface area contributed by atoms with Crippen LogP contribution in [0.25, 0.3) is 11.4 Å². The molecule has 4 heterocycles. The number of carbonyl (C=O) groups excluding carboxylic acids is 1. The Balaban J connectivity index is 1.49. The van der Waals surface area contributed by atoms with Crippen LogP contribution in [0.4, 0.5) is 23.0 Å². The largest absolute Gasteiger partial charge is 0.494 e. The molecule has 1 aromatic carbocycles. The molecule has 3 aromatic heterocycles. The number of carbonyl (C=O) groups is 1. The Bertz CT molecular complexity index is 1630. The van der Waals surface area contributed by atoms with Crippen LogP contribution >= 0.6 is 0 Å². The van der Waals surface area contributed by atoms with Gasteiger partial charge in [0.15, 0.2) is 11.6 Å². The standard InChI is InChI=1S/C27H28N8O3/c1-15-6-17-13-38-12-16-8-19(26-30-14-35(34-26)18-4-5-18)25(37-3)22(9-16)32-21-10-23(33-24(7-15)31-17)29-11-20(21)27(36)28-2/h6-11,14,18,32H,4-5,12-13H2,1-3H3,(H,28,36)(H,29,31,33)/i2D3. The van der Waals surface area contributed by atoms with Crippen LogP contribution in [-0.4, -0.2) is 44.7 Å². The third kappa shape index (κ3) is 4.75. The normalized spacial score (nSPS) is 16.1. The number of rotatable bonds is 4. The second-order valence-electron chi connectivity index (χ2n) is 9.34. The lowest BCUT2D eigenvalue weighted by Gasteiger charge is -2.19. The van der Waals surface area contributed by atoms with Gasteiger partial charge in [0, 0.05) is 23.4 Å². The predicted octanol–water partition coefficient (Wildman–Crippen LogP) is 4.26. The molecule has 0 spiro atoms. The molecule has 194 valence electrons. The minimum absolute atomic E-state index is 0.0260. The maximum Gasteiger partial charge on any atom is 0.254 e. The number of ether oxygens (including phenoxy) is 2. The quantitative estimate of drug-likeness (QED) is 0.365. The van der Waals surface area contributed by atoms with E-state index in [0.717, 1.165) is 29.7 Å². The molecule has 1 fully saturated rings. The highest BCUT2D eigenvalue weighted by Gasteiger charge is 2.26. The Morgan fingerprint density at radius 3 is 2.84 bits per heavy atom. The van der Waals surface area contributed by atoms with Crippen molar-refractivity contribution in [2.24, 2.45) is 0 Å². The summed E-state index contributed by atoms with van der Waals surface area (Å²) < 4.78 is 36.3. The summed E-state index contributed by atoms with van der Waals surface area (Å²) in [6, 6.07) is 9.54. The first-order chi connectivity index (χ1) is 19.6. The zero-order valence-electron chi connectivity index (χ0n) is 23.9. The molecule has 2 aliphatic rings. The van der Waals surface area contributed by atoms with Gasteiger partial charge in [0.2, 0.25) is 0 Å². The van der Waals surface area contributed by atoms with Gasteiger partial charge in [-0.1, -0.05) is 0 Å². The van der Waals surface area contributed by atoms with Crippen molar-refractivity contribution in [3.8, 4) is 17.1 Å². The first kappa shape index (κ1) is 20.5. The number of pyridine rings is 2. The fraction of sp³-hybridized carbons (Fsp3) is 0.296. The van der Waals surface area contributed by atoms with Crippen molar-refractivity contribution in [2.75, 3.05) is 24.7 Å². The first-order valence-corrected chi connectivity index (χ1v) is 12.2. The van der Waals surface area contributed by atoms with Gasteiger partial charge in [-0.2, -0.15) is 5.10 Å². The zero-order chi connectivity index (χ0) is 28.7. The SMILES string of the molecule is [2H]C([2H])([2H])NC(=O)c1cnc2cc1Nc1cc(cc(-c3ncn(C4CC4)n3)c1OC)COCc1cc(C)cc(n1)N2. The number of benzene rings is 1. The molecule has 0 saturated heterocycles. The van der Waals surface area contributed by atoms with Crippen molar-refractivity contribution in [2.45, 2.75) is 39.0 Å². The lowest BCUT2D eigenvalue weighted by Crippen LogP contribution is -2.20. The van der Waals surface area contributed by atoms with E-state index < -0.39 is 12.9 Å². The summed E-state index contributed by atoms with van der Waals surface area (Å²) in [6.45, 7) is -0.195. The number of methoxy groups -OCH3 is 1. The van der Waals surface area contributed by atoms with Crippen molar-refractivity contribution in [3.05, 3.63) is 65.2 Å². The van der Waals surface area contributed by atoms with Gasteiger partial charge in [0.25, 0.3) is 5.91 Å². The fourth-order valence-electron chi connectivity index (χ4n) is 4.47. The minimum atomic E-state index is -2.68. The zero-order valence-corrected chi connectivity index (χ0v) is 20.9. The van der Waals surface area contributed by atoms with Crippen molar-refractivity contribution in [1.82, 2.24) is 30.0 Å². The Morgan fingerprint density at radius 2 is 2.03 bits per heavy atom. The molecule has 3 N–H and O–H groups in total. The van der Waals surface area contributed by atoms with Crippen LogP contribution in [0.15, 0.2) is 42.9 Å². The monoisotopic (exact) mass is 515 g/mol. The van der Waals surface area contributed by atoms with Crippen molar-refractivity contribution in [1.29, 1.82) is 0 Å². The summed E-state index contributed by atoms with van der Waals surface area (Å²) in [5.74, 6) is 1.06. The van der Waals surface area contributed by atoms with E-state index in [4.69, 9.17) is 13.6 Å². The van der Waals surface area contributed by atoms with Crippen LogP contribution in [0.2, 0.25) is 0 Å². The highest BCUT2D eigenvalue weighted by atomic mass is 16.5. The molecule has 1 saturated carbocycles. The van der Waals surface area contributed by atoms with Gasteiger partial charge in [-0.25, -0.2) is 19.6 Å². The first-order valence-electron chi connectivity index (χ1n) is 13.7. The summed E-state index contributed by atoms with van der Waals surface area (Å²) >= 11 is 0. The molecular weight excluding hydrogens is 484 g/mol. The maximum atomic E-state index is 13.0. The van der Waals surface area contributed by atoms with Crippen LogP contribution in [0.3, 0.4) is 0 Å². The molecule has 6 bridgehead atoms. The Morgan fingerprint density at radius 1 is 1.13 bits per heavy atom. The lowest BCUT2D eigenvalue weighted by molar-refractivity contribution is 0.0963. The number of aromatic nitrogens is 5. The molecule has 0 unspecified atom stereocenters. The van der Waals surface area contributed by atoms with Crippen molar-refractivity contribution < 1.29 is 18.4 Å². The van der Waals surface area contributed by atoms with Gasteiger partial charge in [-0.15, -0.1) is 0 Å². The summed E-state index contributed by atoms with van der Waals surface area (Å²) in [4.78, 5) is 26.5. The number of amides is 1. The maximum absolute atomic E-state index is 13.0. The van der Waals surface area contributed by atoms with E-state index in [9.17, 15) is 4.79 Å². The fourth-order valence-corrected chi connectivity index (χ4v) is 4.47. The van der Waals surface area contributed by atoms with Gasteiger partial charge in [0.05, 0.1) is 54.6 Å². The second kappa shape index (κ2) is 9.75. The highest BCUT2D eigenvalue weighted by Crippen LogP contribution is 2.40. The van der Waals surface area contributed by atoms with E-state index in [2.05, 4.69) is 30.7 Å². The summed E-state index contributed by atoms with van der Waals surface area (Å²) in [7, 11) is 1.54. The van der Waals surface area contributed by atoms with Gasteiger partial charge < -0.3 is 25.4 Å². The van der Waals surface area contributed by atoms with E-state index in [0.29, 0.717) is 46.2 Å². The molecule has 4 aromatic rings. The van der Waals surface area contributed by atoms with Gasteiger partial charge in [-0.05, 0) is 55.2 Å². The number of hydrogen-bond donors (Lipinski definition) is 3. The summed E-state index contributed by atoms with van der Waals surface area (Å²) in [6.07, 6.45) is 5.16. The predicted molar refractivity (Wildman–Crippen MR) is 142 cm³/mol. The van der Waals surface area contributed by atoms with Crippen LogP contribution in [0, 0.1) is 6.92 Å². The van der Waals surface area contributed by atoms with Crippen molar-refractivity contribution in [3.63, 3.8) is 0 Å². The number of nitrogens with zero attached hydrogens (tertiary/aromatic N) is 5. The third-order valence-corrected chi connectivity index (χ3v) is 6.35. The number of fused-ring (bicyclic) bond motifs is 6. The van der Waals surface area contributed by atoms with Gasteiger partial charge >= 0.3 is 0 Å². The Labute approximate surface area is 223 Å². The number of nitrogens with one attached hydrogen (secondary N) is 3. The molecule has 1 amide bonds. The number of aryl methyl sites for hydroxylation is 1. The minimum Gasteiger partial charge on any atom is -0.494 e. The van der Waals surface area contributed by atoms with Crippen molar-refractivity contribution >= 4 is 28.9 Å².